The van der Waals surface area contributed by atoms with Crippen molar-refractivity contribution in [2.24, 2.45) is 11.3 Å². The molecule has 1 aliphatic carbocycles. The van der Waals surface area contributed by atoms with Gasteiger partial charge in [0.05, 0.1) is 0 Å². The molecule has 0 aromatic carbocycles. The fraction of sp³-hybridized carbons (Fsp3) is 0.667. The number of aliphatic carboxylic acids is 2. The second-order valence-electron chi connectivity index (χ2n) is 5.94. The maximum Gasteiger partial charge on any atom is 0.349 e. The van der Waals surface area contributed by atoms with Crippen molar-refractivity contribution in [3.63, 3.8) is 0 Å². The number of hydrogen-bond acceptors (Lipinski definition) is 4. The Bertz CT molecular complexity index is 481. The van der Waals surface area contributed by atoms with E-state index >= 15 is 0 Å². The summed E-state index contributed by atoms with van der Waals surface area (Å²) >= 11 is 0. The molecule has 0 aromatic heterocycles. The van der Waals surface area contributed by atoms with Gasteiger partial charge in [0.2, 0.25) is 5.60 Å². The molecule has 1 aliphatic rings. The van der Waals surface area contributed by atoms with Gasteiger partial charge < -0.3 is 14.9 Å². The van der Waals surface area contributed by atoms with Gasteiger partial charge in [-0.1, -0.05) is 26.8 Å². The van der Waals surface area contributed by atoms with Crippen LogP contribution < -0.4 is 0 Å². The zero-order chi connectivity index (χ0) is 16.4. The zero-order valence-electron chi connectivity index (χ0n) is 12.6. The van der Waals surface area contributed by atoms with Gasteiger partial charge in [-0.15, -0.1) is 0 Å². The minimum atomic E-state index is -2.05. The molecule has 2 atom stereocenters. The molecule has 0 radical (unpaired) electrons. The summed E-state index contributed by atoms with van der Waals surface area (Å²) in [5.41, 5.74) is -3.65. The van der Waals surface area contributed by atoms with E-state index in [4.69, 9.17) is 4.74 Å². The molecule has 2 N–H and O–H groups in total. The molecule has 6 heteroatoms. The van der Waals surface area contributed by atoms with Crippen molar-refractivity contribution in [2.75, 3.05) is 0 Å². The van der Waals surface area contributed by atoms with Crippen molar-refractivity contribution >= 4 is 17.9 Å². The summed E-state index contributed by atoms with van der Waals surface area (Å²) < 4.78 is 5.22. The lowest BCUT2D eigenvalue weighted by Gasteiger charge is -2.49. The summed E-state index contributed by atoms with van der Waals surface area (Å²) in [5, 5.41) is 19.4. The maximum atomic E-state index is 11.9. The maximum absolute atomic E-state index is 11.9. The van der Waals surface area contributed by atoms with E-state index in [1.54, 1.807) is 13.8 Å². The smallest absolute Gasteiger partial charge is 0.349 e. The van der Waals surface area contributed by atoms with Gasteiger partial charge in [-0.3, -0.25) is 4.79 Å². The van der Waals surface area contributed by atoms with Crippen LogP contribution in [0.2, 0.25) is 0 Å². The highest BCUT2D eigenvalue weighted by Gasteiger charge is 2.66. The number of esters is 1. The fourth-order valence-electron chi connectivity index (χ4n) is 3.21. The van der Waals surface area contributed by atoms with Gasteiger partial charge in [0.15, 0.2) is 0 Å². The van der Waals surface area contributed by atoms with Crippen molar-refractivity contribution < 1.29 is 29.3 Å². The Morgan fingerprint density at radius 2 is 1.62 bits per heavy atom. The van der Waals surface area contributed by atoms with E-state index in [9.17, 15) is 24.6 Å². The molecule has 1 saturated carbocycles. The summed E-state index contributed by atoms with van der Waals surface area (Å²) in [5.74, 6) is -4.02. The molecule has 21 heavy (non-hydrogen) atoms. The van der Waals surface area contributed by atoms with E-state index in [1.165, 1.54) is 6.92 Å². The van der Waals surface area contributed by atoms with Crippen LogP contribution in [0, 0.1) is 11.3 Å². The van der Waals surface area contributed by atoms with E-state index in [1.807, 2.05) is 0 Å². The summed E-state index contributed by atoms with van der Waals surface area (Å²) in [7, 11) is 0. The Kier molecular flexibility index (Phi) is 4.81. The number of carboxylic acids is 2. The molecular weight excluding hydrogens is 276 g/mol. The van der Waals surface area contributed by atoms with E-state index < -0.39 is 34.8 Å². The topological polar surface area (TPSA) is 101 Å². The minimum Gasteiger partial charge on any atom is -0.481 e. The molecule has 1 rings (SSSR count). The Morgan fingerprint density at radius 1 is 1.10 bits per heavy atom. The van der Waals surface area contributed by atoms with Gasteiger partial charge in [0.1, 0.15) is 5.41 Å². The molecule has 1 fully saturated rings. The number of carbonyl (C=O) groups is 3. The third-order valence-electron chi connectivity index (χ3n) is 4.40. The third kappa shape index (κ3) is 2.54. The molecule has 0 heterocycles. The number of carboxylic acid groups (broad SMARTS) is 2. The molecule has 0 spiro atoms. The molecule has 2 unspecified atom stereocenters. The summed E-state index contributed by atoms with van der Waals surface area (Å²) in [6.45, 7) is 8.12. The lowest BCUT2D eigenvalue weighted by atomic mass is 9.57. The van der Waals surface area contributed by atoms with Crippen LogP contribution >= 0.6 is 0 Å². The summed E-state index contributed by atoms with van der Waals surface area (Å²) in [6.07, 6.45) is 1.24. The van der Waals surface area contributed by atoms with Crippen LogP contribution in [0.1, 0.15) is 46.5 Å². The Labute approximate surface area is 123 Å². The van der Waals surface area contributed by atoms with Crippen LogP contribution in [0.4, 0.5) is 0 Å². The highest BCUT2D eigenvalue weighted by molar-refractivity contribution is 5.94. The molecule has 0 amide bonds. The lowest BCUT2D eigenvalue weighted by molar-refractivity contribution is -0.215. The first-order valence-corrected chi connectivity index (χ1v) is 6.97. The predicted octanol–water partition coefficient (Wildman–Crippen LogP) is 2.23. The fourth-order valence-corrected chi connectivity index (χ4v) is 3.21. The van der Waals surface area contributed by atoms with Crippen molar-refractivity contribution in [2.45, 2.75) is 52.1 Å². The van der Waals surface area contributed by atoms with Crippen LogP contribution in [0.25, 0.3) is 0 Å². The van der Waals surface area contributed by atoms with Gasteiger partial charge in [0, 0.05) is 5.57 Å². The average Bonchev–Trinajstić information content (AvgIpc) is 2.37. The quantitative estimate of drug-likeness (QED) is 0.596. The SMILES string of the molecule is C=C(C)C(=O)OC1(C(=O)O)CCCCC1(C(=O)O)C(C)C. The Balaban J connectivity index is 3.48. The molecule has 0 aromatic rings. The average molecular weight is 298 g/mol. The summed E-state index contributed by atoms with van der Waals surface area (Å²) in [6, 6.07) is 0. The van der Waals surface area contributed by atoms with Crippen LogP contribution in [-0.2, 0) is 19.1 Å². The van der Waals surface area contributed by atoms with Crippen LogP contribution in [0.3, 0.4) is 0 Å². The zero-order valence-corrected chi connectivity index (χ0v) is 12.6. The largest absolute Gasteiger partial charge is 0.481 e. The van der Waals surface area contributed by atoms with E-state index in [-0.39, 0.29) is 18.4 Å². The Morgan fingerprint density at radius 3 is 2.00 bits per heavy atom. The van der Waals surface area contributed by atoms with Crippen molar-refractivity contribution in [1.29, 1.82) is 0 Å². The standard InChI is InChI=1S/C15H22O6/c1-9(2)11(16)21-15(13(19)20)8-6-5-7-14(15,10(3)4)12(17)18/h10H,1,5-8H2,2-4H3,(H,17,18)(H,19,20). The second kappa shape index (κ2) is 5.87. The molecule has 0 aliphatic heterocycles. The number of ether oxygens (including phenoxy) is 1. The van der Waals surface area contributed by atoms with Gasteiger partial charge >= 0.3 is 17.9 Å². The molecule has 118 valence electrons. The number of rotatable bonds is 5. The van der Waals surface area contributed by atoms with E-state index in [0.717, 1.165) is 0 Å². The minimum absolute atomic E-state index is 0.00810. The van der Waals surface area contributed by atoms with Gasteiger partial charge in [-0.05, 0) is 32.1 Å². The van der Waals surface area contributed by atoms with E-state index in [0.29, 0.717) is 12.8 Å². The number of carbonyl (C=O) groups excluding carboxylic acids is 1. The highest BCUT2D eigenvalue weighted by Crippen LogP contribution is 2.52. The highest BCUT2D eigenvalue weighted by atomic mass is 16.6. The lowest BCUT2D eigenvalue weighted by Crippen LogP contribution is -2.64. The normalized spacial score (nSPS) is 29.0. The van der Waals surface area contributed by atoms with Crippen molar-refractivity contribution in [1.82, 2.24) is 0 Å². The number of hydrogen-bond donors (Lipinski definition) is 2. The Hall–Kier alpha value is -1.85. The summed E-state index contributed by atoms with van der Waals surface area (Å²) in [4.78, 5) is 35.7. The van der Waals surface area contributed by atoms with Gasteiger partial charge in [-0.2, -0.15) is 0 Å². The molecule has 0 saturated heterocycles. The van der Waals surface area contributed by atoms with Gasteiger partial charge in [0.25, 0.3) is 0 Å². The first kappa shape index (κ1) is 17.2. The first-order valence-electron chi connectivity index (χ1n) is 6.97. The van der Waals surface area contributed by atoms with E-state index in [2.05, 4.69) is 6.58 Å². The predicted molar refractivity (Wildman–Crippen MR) is 74.6 cm³/mol. The van der Waals surface area contributed by atoms with Gasteiger partial charge in [-0.25, -0.2) is 9.59 Å². The molecular formula is C15H22O6. The van der Waals surface area contributed by atoms with Crippen LogP contribution in [-0.4, -0.2) is 33.7 Å². The monoisotopic (exact) mass is 298 g/mol. The molecule has 6 nitrogen and oxygen atoms in total. The van der Waals surface area contributed by atoms with Crippen molar-refractivity contribution in [3.05, 3.63) is 12.2 Å². The van der Waals surface area contributed by atoms with Crippen molar-refractivity contribution in [3.8, 4) is 0 Å². The first-order chi connectivity index (χ1) is 9.61. The van der Waals surface area contributed by atoms with Crippen LogP contribution in [0.15, 0.2) is 12.2 Å². The second-order valence-corrected chi connectivity index (χ2v) is 5.94. The third-order valence-corrected chi connectivity index (χ3v) is 4.40. The van der Waals surface area contributed by atoms with Crippen LogP contribution in [0.5, 0.6) is 0 Å². The molecule has 0 bridgehead atoms.